The molecule has 0 bridgehead atoms. The van der Waals surface area contributed by atoms with Gasteiger partial charge in [-0.25, -0.2) is 4.68 Å². The first-order valence-corrected chi connectivity index (χ1v) is 6.67. The summed E-state index contributed by atoms with van der Waals surface area (Å²) in [5.41, 5.74) is 7.29. The second-order valence-electron chi connectivity index (χ2n) is 4.19. The third-order valence-electron chi connectivity index (χ3n) is 2.94. The van der Waals surface area contributed by atoms with E-state index in [0.29, 0.717) is 5.69 Å². The molecule has 0 aliphatic rings. The Morgan fingerprint density at radius 3 is 2.40 bits per heavy atom. The summed E-state index contributed by atoms with van der Waals surface area (Å²) in [6.07, 6.45) is 0. The number of nitrogens with zero attached hydrogens (tertiary/aromatic N) is 3. The minimum absolute atomic E-state index is 0.138. The zero-order valence-corrected chi connectivity index (χ0v) is 12.1. The number of benzene rings is 1. The standard InChI is InChI=1S/C13H13BrN4O2/c14-9-3-1-8(2-4-9)12-11(5-15)13(16)18(17-12)10(6-19)7-20/h1-4,10,19-20H,6-7,16H2. The van der Waals surface area contributed by atoms with Crippen molar-refractivity contribution in [1.82, 2.24) is 9.78 Å². The number of nitriles is 1. The summed E-state index contributed by atoms with van der Waals surface area (Å²) in [6, 6.07) is 8.64. The maximum Gasteiger partial charge on any atom is 0.140 e. The molecular weight excluding hydrogens is 324 g/mol. The van der Waals surface area contributed by atoms with Gasteiger partial charge in [0.2, 0.25) is 0 Å². The lowest BCUT2D eigenvalue weighted by molar-refractivity contribution is 0.148. The van der Waals surface area contributed by atoms with Crippen LogP contribution in [0.2, 0.25) is 0 Å². The minimum Gasteiger partial charge on any atom is -0.394 e. The molecule has 0 aliphatic carbocycles. The minimum atomic E-state index is -0.661. The number of halogens is 1. The van der Waals surface area contributed by atoms with Crippen LogP contribution in [0.5, 0.6) is 0 Å². The summed E-state index contributed by atoms with van der Waals surface area (Å²) in [5.74, 6) is 0.138. The zero-order valence-electron chi connectivity index (χ0n) is 10.5. The van der Waals surface area contributed by atoms with Crippen LogP contribution < -0.4 is 5.73 Å². The van der Waals surface area contributed by atoms with E-state index in [1.54, 1.807) is 0 Å². The fourth-order valence-electron chi connectivity index (χ4n) is 1.86. The van der Waals surface area contributed by atoms with Crippen molar-refractivity contribution >= 4 is 21.7 Å². The molecular formula is C13H13BrN4O2. The molecule has 0 saturated heterocycles. The fraction of sp³-hybridized carbons (Fsp3) is 0.231. The summed E-state index contributed by atoms with van der Waals surface area (Å²) in [6.45, 7) is -0.625. The third kappa shape index (κ3) is 2.54. The molecule has 0 amide bonds. The fourth-order valence-corrected chi connectivity index (χ4v) is 2.12. The van der Waals surface area contributed by atoms with E-state index >= 15 is 0 Å². The van der Waals surface area contributed by atoms with Crippen molar-refractivity contribution in [2.45, 2.75) is 6.04 Å². The molecule has 20 heavy (non-hydrogen) atoms. The topological polar surface area (TPSA) is 108 Å². The van der Waals surface area contributed by atoms with Crippen LogP contribution in [0.1, 0.15) is 11.6 Å². The van der Waals surface area contributed by atoms with Crippen LogP contribution in [-0.4, -0.2) is 33.2 Å². The summed E-state index contributed by atoms with van der Waals surface area (Å²) in [5, 5.41) is 31.9. The number of hydrogen-bond acceptors (Lipinski definition) is 5. The van der Waals surface area contributed by atoms with Crippen LogP contribution in [0.15, 0.2) is 28.7 Å². The van der Waals surface area contributed by atoms with E-state index in [1.807, 2.05) is 30.3 Å². The number of nitrogens with two attached hydrogens (primary N) is 1. The largest absolute Gasteiger partial charge is 0.394 e. The number of hydrogen-bond donors (Lipinski definition) is 3. The van der Waals surface area contributed by atoms with Crippen molar-refractivity contribution in [2.75, 3.05) is 18.9 Å². The maximum atomic E-state index is 9.24. The lowest BCUT2D eigenvalue weighted by Crippen LogP contribution is -2.20. The molecule has 0 fully saturated rings. The molecule has 0 spiro atoms. The van der Waals surface area contributed by atoms with Crippen molar-refractivity contribution in [3.05, 3.63) is 34.3 Å². The average molecular weight is 337 g/mol. The van der Waals surface area contributed by atoms with Crippen molar-refractivity contribution in [3.8, 4) is 17.3 Å². The van der Waals surface area contributed by atoms with Crippen molar-refractivity contribution in [3.63, 3.8) is 0 Å². The first kappa shape index (κ1) is 14.5. The van der Waals surface area contributed by atoms with E-state index in [9.17, 15) is 15.5 Å². The third-order valence-corrected chi connectivity index (χ3v) is 3.47. The Labute approximate surface area is 124 Å². The van der Waals surface area contributed by atoms with Gasteiger partial charge in [0.15, 0.2) is 0 Å². The Morgan fingerprint density at radius 2 is 1.90 bits per heavy atom. The van der Waals surface area contributed by atoms with Crippen LogP contribution in [0.25, 0.3) is 11.3 Å². The molecule has 104 valence electrons. The second kappa shape index (κ2) is 6.05. The van der Waals surface area contributed by atoms with E-state index in [0.717, 1.165) is 10.0 Å². The van der Waals surface area contributed by atoms with E-state index in [1.165, 1.54) is 4.68 Å². The monoisotopic (exact) mass is 336 g/mol. The van der Waals surface area contributed by atoms with Gasteiger partial charge in [-0.15, -0.1) is 0 Å². The van der Waals surface area contributed by atoms with Gasteiger partial charge in [0.05, 0.1) is 13.2 Å². The molecule has 2 rings (SSSR count). The summed E-state index contributed by atoms with van der Waals surface area (Å²) in [7, 11) is 0. The zero-order chi connectivity index (χ0) is 14.7. The summed E-state index contributed by atoms with van der Waals surface area (Å²) in [4.78, 5) is 0. The Hall–Kier alpha value is -1.88. The molecule has 1 aromatic heterocycles. The van der Waals surface area contributed by atoms with E-state index in [2.05, 4.69) is 21.0 Å². The average Bonchev–Trinajstić information content (AvgIpc) is 2.78. The van der Waals surface area contributed by atoms with Crippen molar-refractivity contribution in [1.29, 1.82) is 5.26 Å². The molecule has 1 heterocycles. The van der Waals surface area contributed by atoms with Gasteiger partial charge in [-0.05, 0) is 12.1 Å². The number of anilines is 1. The van der Waals surface area contributed by atoms with Gasteiger partial charge in [-0.1, -0.05) is 28.1 Å². The lowest BCUT2D eigenvalue weighted by atomic mass is 10.1. The number of aromatic nitrogens is 2. The van der Waals surface area contributed by atoms with Gasteiger partial charge in [0.25, 0.3) is 0 Å². The van der Waals surface area contributed by atoms with E-state index in [-0.39, 0.29) is 24.6 Å². The highest BCUT2D eigenvalue weighted by Gasteiger charge is 2.21. The van der Waals surface area contributed by atoms with Crippen LogP contribution in [0.3, 0.4) is 0 Å². The molecule has 4 N–H and O–H groups in total. The predicted molar refractivity (Wildman–Crippen MR) is 77.7 cm³/mol. The van der Waals surface area contributed by atoms with Gasteiger partial charge >= 0.3 is 0 Å². The van der Waals surface area contributed by atoms with Crippen molar-refractivity contribution in [2.24, 2.45) is 0 Å². The molecule has 6 nitrogen and oxygen atoms in total. The molecule has 0 radical (unpaired) electrons. The van der Waals surface area contributed by atoms with Gasteiger partial charge in [-0.2, -0.15) is 10.4 Å². The highest BCUT2D eigenvalue weighted by atomic mass is 79.9. The molecule has 7 heteroatoms. The quantitative estimate of drug-likeness (QED) is 0.779. The lowest BCUT2D eigenvalue weighted by Gasteiger charge is -2.12. The highest BCUT2D eigenvalue weighted by molar-refractivity contribution is 9.10. The van der Waals surface area contributed by atoms with E-state index < -0.39 is 6.04 Å². The van der Waals surface area contributed by atoms with Crippen LogP contribution in [0.4, 0.5) is 5.82 Å². The summed E-state index contributed by atoms with van der Waals surface area (Å²) < 4.78 is 2.20. The molecule has 0 unspecified atom stereocenters. The first-order valence-electron chi connectivity index (χ1n) is 5.88. The number of aliphatic hydroxyl groups excluding tert-OH is 2. The molecule has 0 aliphatic heterocycles. The molecule has 1 aromatic carbocycles. The maximum absolute atomic E-state index is 9.24. The van der Waals surface area contributed by atoms with Crippen LogP contribution in [-0.2, 0) is 0 Å². The first-order chi connectivity index (χ1) is 9.62. The van der Waals surface area contributed by atoms with Crippen LogP contribution >= 0.6 is 15.9 Å². The number of rotatable bonds is 4. The number of aliphatic hydroxyl groups is 2. The highest BCUT2D eigenvalue weighted by Crippen LogP contribution is 2.29. The van der Waals surface area contributed by atoms with Crippen molar-refractivity contribution < 1.29 is 10.2 Å². The predicted octanol–water partition coefficient (Wildman–Crippen LogP) is 1.29. The normalized spacial score (nSPS) is 10.8. The summed E-state index contributed by atoms with van der Waals surface area (Å²) >= 11 is 3.34. The molecule has 0 atom stereocenters. The SMILES string of the molecule is N#Cc1c(-c2ccc(Br)cc2)nn(C(CO)CO)c1N. The Kier molecular flexibility index (Phi) is 4.39. The Balaban J connectivity index is 2.57. The van der Waals surface area contributed by atoms with Gasteiger partial charge in [0, 0.05) is 10.0 Å². The molecule has 2 aromatic rings. The van der Waals surface area contributed by atoms with Gasteiger partial charge in [-0.3, -0.25) is 0 Å². The Morgan fingerprint density at radius 1 is 1.30 bits per heavy atom. The van der Waals surface area contributed by atoms with E-state index in [4.69, 9.17) is 5.73 Å². The second-order valence-corrected chi connectivity index (χ2v) is 5.11. The Bertz CT molecular complexity index is 642. The number of nitrogen functional groups attached to an aromatic ring is 1. The van der Waals surface area contributed by atoms with Gasteiger partial charge < -0.3 is 15.9 Å². The molecule has 0 saturated carbocycles. The van der Waals surface area contributed by atoms with Crippen LogP contribution in [0, 0.1) is 11.3 Å². The smallest absolute Gasteiger partial charge is 0.140 e. The van der Waals surface area contributed by atoms with Gasteiger partial charge in [0.1, 0.15) is 29.2 Å².